The van der Waals surface area contributed by atoms with Crippen molar-refractivity contribution in [3.8, 4) is 0 Å². The molecule has 3 rings (SSSR count). The van der Waals surface area contributed by atoms with Gasteiger partial charge < -0.3 is 20.5 Å². The first-order valence-electron chi connectivity index (χ1n) is 10.4. The number of H-pyrrole nitrogens is 1. The Morgan fingerprint density at radius 1 is 1.10 bits per heavy atom. The van der Waals surface area contributed by atoms with Crippen molar-refractivity contribution in [1.29, 1.82) is 0 Å². The van der Waals surface area contributed by atoms with E-state index in [4.69, 9.17) is 0 Å². The summed E-state index contributed by atoms with van der Waals surface area (Å²) in [6.45, 7) is 3.82. The second-order valence-corrected chi connectivity index (χ2v) is 8.43. The maximum absolute atomic E-state index is 11.9. The van der Waals surface area contributed by atoms with E-state index in [0.29, 0.717) is 5.96 Å². The molecule has 0 aliphatic rings. The van der Waals surface area contributed by atoms with Crippen LogP contribution in [0.4, 0.5) is 0 Å². The van der Waals surface area contributed by atoms with E-state index in [0.717, 1.165) is 32.4 Å². The van der Waals surface area contributed by atoms with Gasteiger partial charge >= 0.3 is 0 Å². The first-order valence-corrected chi connectivity index (χ1v) is 11.3. The van der Waals surface area contributed by atoms with Crippen LogP contribution in [0, 0.1) is 0 Å². The average molecular weight is 554 g/mol. The number of guanidine groups is 1. The minimum absolute atomic E-state index is 0. The Labute approximate surface area is 205 Å². The summed E-state index contributed by atoms with van der Waals surface area (Å²) < 4.78 is 0. The van der Waals surface area contributed by atoms with Crippen LogP contribution < -0.4 is 10.6 Å². The summed E-state index contributed by atoms with van der Waals surface area (Å²) in [7, 11) is 3.49. The predicted molar refractivity (Wildman–Crippen MR) is 142 cm³/mol. The van der Waals surface area contributed by atoms with E-state index >= 15 is 0 Å². The Hall–Kier alpha value is -2.07. The lowest BCUT2D eigenvalue weighted by atomic mass is 10.1. The van der Waals surface area contributed by atoms with Gasteiger partial charge in [-0.2, -0.15) is 0 Å². The molecule has 0 aliphatic heterocycles. The number of thiophene rings is 1. The third kappa shape index (κ3) is 7.24. The van der Waals surface area contributed by atoms with Crippen LogP contribution in [0.15, 0.2) is 46.9 Å². The standard InChI is InChI=1S/C23H31N5OS.HI/c1-4-17-7-5-9-20-18(15-26-22(17)20)10-12-24-23(27-16-21(29)28(2)3)25-13-11-19-8-6-14-30-19;/h5-9,14-15,26H,4,10-13,16H2,1-3H3,(H2,24,25,27);1H. The maximum atomic E-state index is 11.9. The van der Waals surface area contributed by atoms with Gasteiger partial charge in [-0.25, -0.2) is 4.99 Å². The monoisotopic (exact) mass is 553 g/mol. The normalized spacial score (nSPS) is 11.3. The summed E-state index contributed by atoms with van der Waals surface area (Å²) in [5.74, 6) is 0.661. The van der Waals surface area contributed by atoms with Crippen molar-refractivity contribution in [3.05, 3.63) is 57.9 Å². The summed E-state index contributed by atoms with van der Waals surface area (Å²) in [6, 6.07) is 10.7. The maximum Gasteiger partial charge on any atom is 0.243 e. The number of carbonyl (C=O) groups excluding carboxylic acids is 1. The van der Waals surface area contributed by atoms with Crippen molar-refractivity contribution < 1.29 is 4.79 Å². The van der Waals surface area contributed by atoms with Gasteiger partial charge in [-0.15, -0.1) is 35.3 Å². The molecule has 0 fully saturated rings. The lowest BCUT2D eigenvalue weighted by molar-refractivity contribution is -0.127. The van der Waals surface area contributed by atoms with Gasteiger partial charge in [0, 0.05) is 49.2 Å². The van der Waals surface area contributed by atoms with Gasteiger partial charge in [0.15, 0.2) is 5.96 Å². The number of carbonyl (C=O) groups is 1. The molecule has 31 heavy (non-hydrogen) atoms. The van der Waals surface area contributed by atoms with E-state index in [9.17, 15) is 4.79 Å². The quantitative estimate of drug-likeness (QED) is 0.214. The van der Waals surface area contributed by atoms with Crippen LogP contribution in [0.1, 0.15) is 22.9 Å². The first-order chi connectivity index (χ1) is 14.6. The van der Waals surface area contributed by atoms with Gasteiger partial charge in [0.25, 0.3) is 0 Å². The molecular weight excluding hydrogens is 521 g/mol. The Morgan fingerprint density at radius 3 is 2.55 bits per heavy atom. The number of aromatic nitrogens is 1. The van der Waals surface area contributed by atoms with Crippen molar-refractivity contribution in [3.63, 3.8) is 0 Å². The first kappa shape index (κ1) is 25.2. The van der Waals surface area contributed by atoms with Crippen molar-refractivity contribution in [1.82, 2.24) is 20.5 Å². The van der Waals surface area contributed by atoms with Crippen molar-refractivity contribution in [2.75, 3.05) is 33.7 Å². The highest BCUT2D eigenvalue weighted by Crippen LogP contribution is 2.22. The topological polar surface area (TPSA) is 72.5 Å². The highest BCUT2D eigenvalue weighted by atomic mass is 127. The SMILES string of the molecule is CCc1cccc2c(CCNC(=NCC(=O)N(C)C)NCCc3cccs3)c[nH]c12.I. The number of rotatable bonds is 9. The van der Waals surface area contributed by atoms with Gasteiger partial charge in [0.2, 0.25) is 5.91 Å². The third-order valence-electron chi connectivity index (χ3n) is 5.07. The van der Waals surface area contributed by atoms with E-state index in [1.54, 1.807) is 30.3 Å². The highest BCUT2D eigenvalue weighted by Gasteiger charge is 2.08. The van der Waals surface area contributed by atoms with Crippen molar-refractivity contribution >= 4 is 58.1 Å². The number of fused-ring (bicyclic) bond motifs is 1. The zero-order valence-electron chi connectivity index (χ0n) is 18.4. The lowest BCUT2D eigenvalue weighted by Gasteiger charge is -2.13. The fourth-order valence-electron chi connectivity index (χ4n) is 3.31. The number of hydrogen-bond donors (Lipinski definition) is 3. The van der Waals surface area contributed by atoms with Crippen LogP contribution in [0.5, 0.6) is 0 Å². The molecule has 0 radical (unpaired) electrons. The van der Waals surface area contributed by atoms with Gasteiger partial charge in [0.1, 0.15) is 6.54 Å². The Kier molecular flexibility index (Phi) is 10.3. The Balaban J connectivity index is 0.00000341. The largest absolute Gasteiger partial charge is 0.361 e. The van der Waals surface area contributed by atoms with E-state index in [-0.39, 0.29) is 36.4 Å². The molecule has 1 amide bonds. The van der Waals surface area contributed by atoms with Gasteiger partial charge in [-0.05, 0) is 41.8 Å². The summed E-state index contributed by atoms with van der Waals surface area (Å²) in [6.07, 6.45) is 4.92. The molecule has 0 unspecified atom stereocenters. The number of halogens is 1. The number of aryl methyl sites for hydroxylation is 1. The fraction of sp³-hybridized carbons (Fsp3) is 0.391. The second kappa shape index (κ2) is 12.7. The minimum Gasteiger partial charge on any atom is -0.361 e. The van der Waals surface area contributed by atoms with Crippen LogP contribution in [0.2, 0.25) is 0 Å². The smallest absolute Gasteiger partial charge is 0.243 e. The molecule has 0 saturated carbocycles. The molecule has 8 heteroatoms. The van der Waals surface area contributed by atoms with E-state index in [2.05, 4.69) is 69.4 Å². The lowest BCUT2D eigenvalue weighted by Crippen LogP contribution is -2.40. The molecule has 168 valence electrons. The number of aliphatic imine (C=N–C) groups is 1. The zero-order chi connectivity index (χ0) is 21.3. The summed E-state index contributed by atoms with van der Waals surface area (Å²) in [5, 5.41) is 10.1. The van der Waals surface area contributed by atoms with Gasteiger partial charge in [-0.1, -0.05) is 31.2 Å². The molecule has 2 aromatic heterocycles. The van der Waals surface area contributed by atoms with Crippen LogP contribution in [0.3, 0.4) is 0 Å². The number of para-hydroxylation sites is 1. The number of amides is 1. The highest BCUT2D eigenvalue weighted by molar-refractivity contribution is 14.0. The number of nitrogens with one attached hydrogen (secondary N) is 3. The summed E-state index contributed by atoms with van der Waals surface area (Å²) in [4.78, 5) is 22.7. The number of aromatic amines is 1. The van der Waals surface area contributed by atoms with Crippen LogP contribution in [0.25, 0.3) is 10.9 Å². The van der Waals surface area contributed by atoms with Crippen LogP contribution in [-0.2, 0) is 24.1 Å². The second-order valence-electron chi connectivity index (χ2n) is 7.39. The molecular formula is C23H32IN5OS. The number of nitrogens with zero attached hydrogens (tertiary/aromatic N) is 2. The van der Waals surface area contributed by atoms with Crippen LogP contribution in [-0.4, -0.2) is 55.5 Å². The molecule has 3 aromatic rings. The molecule has 0 bridgehead atoms. The van der Waals surface area contributed by atoms with Gasteiger partial charge in [0.05, 0.1) is 0 Å². The number of hydrogen-bond acceptors (Lipinski definition) is 3. The zero-order valence-corrected chi connectivity index (χ0v) is 21.6. The molecule has 2 heterocycles. The molecule has 3 N–H and O–H groups in total. The fourth-order valence-corrected chi connectivity index (χ4v) is 4.02. The molecule has 0 aliphatic carbocycles. The molecule has 1 aromatic carbocycles. The number of likely N-dealkylation sites (N-methyl/N-ethyl adjacent to an activating group) is 1. The van der Waals surface area contributed by atoms with Crippen molar-refractivity contribution in [2.45, 2.75) is 26.2 Å². The molecule has 0 saturated heterocycles. The van der Waals surface area contributed by atoms with E-state index < -0.39 is 0 Å². The number of benzene rings is 1. The Bertz CT molecular complexity index is 981. The molecule has 0 atom stereocenters. The summed E-state index contributed by atoms with van der Waals surface area (Å²) >= 11 is 1.75. The van der Waals surface area contributed by atoms with Crippen molar-refractivity contribution in [2.24, 2.45) is 4.99 Å². The average Bonchev–Trinajstić information content (AvgIpc) is 3.41. The Morgan fingerprint density at radius 2 is 1.87 bits per heavy atom. The van der Waals surface area contributed by atoms with E-state index in [1.807, 2.05) is 0 Å². The third-order valence-corrected chi connectivity index (χ3v) is 6.01. The van der Waals surface area contributed by atoms with Crippen LogP contribution >= 0.6 is 35.3 Å². The minimum atomic E-state index is -0.0157. The summed E-state index contributed by atoms with van der Waals surface area (Å²) in [5.41, 5.74) is 3.86. The molecule has 0 spiro atoms. The van der Waals surface area contributed by atoms with E-state index in [1.165, 1.54) is 26.9 Å². The van der Waals surface area contributed by atoms with Gasteiger partial charge in [-0.3, -0.25) is 4.79 Å². The predicted octanol–water partition coefficient (Wildman–Crippen LogP) is 3.82. The molecule has 6 nitrogen and oxygen atoms in total.